The van der Waals surface area contributed by atoms with Crippen LogP contribution < -0.4 is 11.0 Å². The summed E-state index contributed by atoms with van der Waals surface area (Å²) in [6.07, 6.45) is 0. The number of anilines is 1. The van der Waals surface area contributed by atoms with Gasteiger partial charge in [-0.1, -0.05) is 12.1 Å². The largest absolute Gasteiger partial charge is 0.294 e. The number of nitrogens with zero attached hydrogens (tertiary/aromatic N) is 1. The summed E-state index contributed by atoms with van der Waals surface area (Å²) >= 11 is 4.09. The van der Waals surface area contributed by atoms with Crippen LogP contribution in [0.15, 0.2) is 23.1 Å². The molecule has 0 amide bonds. The van der Waals surface area contributed by atoms with Gasteiger partial charge in [0.15, 0.2) is 5.78 Å². The summed E-state index contributed by atoms with van der Waals surface area (Å²) in [5.41, 5.74) is 0.737. The van der Waals surface area contributed by atoms with Crippen molar-refractivity contribution in [1.82, 2.24) is 0 Å². The Bertz CT molecular complexity index is 339. The highest BCUT2D eigenvalue weighted by molar-refractivity contribution is 7.80. The summed E-state index contributed by atoms with van der Waals surface area (Å²) in [6.45, 7) is 1.43. The molecule has 0 unspecified atom stereocenters. The zero-order valence-electron chi connectivity index (χ0n) is 7.06. The Hall–Kier alpha value is -1.04. The molecule has 0 atom stereocenters. The highest BCUT2D eigenvalue weighted by Gasteiger charge is 2.10. The lowest BCUT2D eigenvalue weighted by Gasteiger charge is -2.13. The predicted molar refractivity (Wildman–Crippen MR) is 52.2 cm³/mol. The van der Waals surface area contributed by atoms with Crippen LogP contribution in [0.5, 0.6) is 0 Å². The molecule has 0 aliphatic carbocycles. The molecule has 0 heterocycles. The summed E-state index contributed by atoms with van der Waals surface area (Å²) in [5.74, 6) is 5.00. The molecule has 0 aromatic heterocycles. The number of benzene rings is 1. The Kier molecular flexibility index (Phi) is 2.92. The van der Waals surface area contributed by atoms with Gasteiger partial charge in [0.1, 0.15) is 0 Å². The molecule has 0 saturated carbocycles. The molecule has 0 fully saturated rings. The van der Waals surface area contributed by atoms with Crippen LogP contribution in [0.4, 0.5) is 5.69 Å². The van der Waals surface area contributed by atoms with E-state index in [0.29, 0.717) is 21.3 Å². The lowest BCUT2D eigenvalue weighted by Crippen LogP contribution is -2.26. The van der Waals surface area contributed by atoms with Crippen LogP contribution in [0.25, 0.3) is 0 Å². The molecule has 0 aliphatic rings. The molecule has 0 saturated heterocycles. The minimum atomic E-state index is -0.117. The van der Waals surface area contributed by atoms with Crippen molar-refractivity contribution in [3.8, 4) is 0 Å². The van der Waals surface area contributed by atoms with E-state index < -0.39 is 0 Å². The van der Waals surface area contributed by atoms with E-state index in [9.17, 15) is 4.79 Å². The Balaban J connectivity index is 3.26. The van der Waals surface area contributed by atoms with Crippen molar-refractivity contribution in [1.29, 1.82) is 0 Å². The van der Waals surface area contributed by atoms with Crippen LogP contribution in [-0.4, -0.2) is 11.0 Å². The van der Waals surface area contributed by atoms with Gasteiger partial charge >= 0.3 is 0 Å². The molecule has 0 aliphatic heterocycles. The minimum absolute atomic E-state index is 0.117. The van der Waals surface area contributed by atoms with Crippen LogP contribution in [0.1, 0.15) is 17.3 Å². The molecule has 1 aromatic rings. The van der Waals surface area contributed by atoms with Crippen molar-refractivity contribution >= 4 is 24.1 Å². The van der Waals surface area contributed by atoms with E-state index in [1.54, 1.807) is 18.2 Å². The lowest BCUT2D eigenvalue weighted by atomic mass is 10.1. The highest BCUT2D eigenvalue weighted by Crippen LogP contribution is 2.25. The fourth-order valence-corrected chi connectivity index (χ4v) is 1.41. The molecule has 70 valence electrons. The van der Waals surface area contributed by atoms with E-state index in [4.69, 9.17) is 11.0 Å². The second-order valence-corrected chi connectivity index (χ2v) is 3.02. The number of ketones is 1. The Morgan fingerprint density at radius 2 is 2.23 bits per heavy atom. The maximum atomic E-state index is 11.1. The molecule has 13 heavy (non-hydrogen) atoms. The van der Waals surface area contributed by atoms with Gasteiger partial charge in [0.25, 0.3) is 0 Å². The third kappa shape index (κ3) is 2.00. The minimum Gasteiger partial charge on any atom is -0.294 e. The van der Waals surface area contributed by atoms with E-state index in [0.717, 1.165) is 0 Å². The highest BCUT2D eigenvalue weighted by atomic mass is 32.1. The lowest BCUT2D eigenvalue weighted by molar-refractivity contribution is 0.101. The fraction of sp³-hybridized carbons (Fsp3) is 0.125. The zero-order chi connectivity index (χ0) is 10.0. The van der Waals surface area contributed by atoms with Crippen LogP contribution in [0, 0.1) is 0 Å². The number of hydrazine groups is 1. The monoisotopic (exact) mass is 198 g/mol. The van der Waals surface area contributed by atoms with Gasteiger partial charge in [-0.05, 0) is 13.0 Å². The van der Waals surface area contributed by atoms with Crippen molar-refractivity contribution in [3.63, 3.8) is 0 Å². The van der Waals surface area contributed by atoms with Crippen molar-refractivity contribution < 1.29 is 10.0 Å². The van der Waals surface area contributed by atoms with Gasteiger partial charge in [-0.15, -0.1) is 12.6 Å². The first-order chi connectivity index (χ1) is 6.04. The third-order valence-corrected chi connectivity index (χ3v) is 2.11. The standard InChI is InChI=1S/C8H10N2O2S/c1-5(11)6-3-2-4-7(8(6)13)10(9)12/h2-4,12-13H,9H2,1H3. The Labute approximate surface area is 81.3 Å². The van der Waals surface area contributed by atoms with E-state index in [2.05, 4.69) is 12.6 Å². The molecule has 0 spiro atoms. The number of thiol groups is 1. The number of Topliss-reactive ketones (excluding diaryl/α,β-unsaturated/α-hetero) is 1. The summed E-state index contributed by atoms with van der Waals surface area (Å²) < 4.78 is 0. The SMILES string of the molecule is CC(=O)c1cccc(N(N)O)c1S. The van der Waals surface area contributed by atoms with Gasteiger partial charge in [-0.25, -0.2) is 5.84 Å². The van der Waals surface area contributed by atoms with Gasteiger partial charge < -0.3 is 0 Å². The van der Waals surface area contributed by atoms with Gasteiger partial charge in [0, 0.05) is 10.5 Å². The molecule has 4 nitrogen and oxygen atoms in total. The van der Waals surface area contributed by atoms with Crippen LogP contribution in [0.2, 0.25) is 0 Å². The molecular formula is C8H10N2O2S. The third-order valence-electron chi connectivity index (χ3n) is 1.64. The number of hydrogen-bond acceptors (Lipinski definition) is 5. The van der Waals surface area contributed by atoms with Crippen molar-refractivity contribution in [2.24, 2.45) is 5.84 Å². The molecular weight excluding hydrogens is 188 g/mol. The van der Waals surface area contributed by atoms with Gasteiger partial charge in [-0.3, -0.25) is 10.0 Å². The quantitative estimate of drug-likeness (QED) is 0.289. The average molecular weight is 198 g/mol. The van der Waals surface area contributed by atoms with Gasteiger partial charge in [0.05, 0.1) is 5.69 Å². The van der Waals surface area contributed by atoms with Crippen molar-refractivity contribution in [3.05, 3.63) is 23.8 Å². The molecule has 0 radical (unpaired) electrons. The summed E-state index contributed by atoms with van der Waals surface area (Å²) in [5, 5.41) is 9.40. The maximum Gasteiger partial charge on any atom is 0.160 e. The molecule has 1 aromatic carbocycles. The summed E-state index contributed by atoms with van der Waals surface area (Å²) in [4.78, 5) is 11.4. The zero-order valence-corrected chi connectivity index (χ0v) is 7.95. The van der Waals surface area contributed by atoms with Crippen LogP contribution >= 0.6 is 12.6 Å². The number of carbonyl (C=O) groups excluding carboxylic acids is 1. The van der Waals surface area contributed by atoms with Gasteiger partial charge in [0.2, 0.25) is 0 Å². The molecule has 3 N–H and O–H groups in total. The Morgan fingerprint density at radius 1 is 1.62 bits per heavy atom. The summed E-state index contributed by atoms with van der Waals surface area (Å²) in [7, 11) is 0. The number of nitrogens with two attached hydrogens (primary N) is 1. The first-order valence-corrected chi connectivity index (χ1v) is 4.05. The normalized spacial score (nSPS) is 9.85. The van der Waals surface area contributed by atoms with Gasteiger partial charge in [-0.2, -0.15) is 5.17 Å². The smallest absolute Gasteiger partial charge is 0.160 e. The Morgan fingerprint density at radius 3 is 2.69 bits per heavy atom. The second kappa shape index (κ2) is 3.78. The number of hydrogen-bond donors (Lipinski definition) is 3. The summed E-state index contributed by atoms with van der Waals surface area (Å²) in [6, 6.07) is 4.81. The predicted octanol–water partition coefficient (Wildman–Crippen LogP) is 1.25. The van der Waals surface area contributed by atoms with E-state index in [1.165, 1.54) is 6.92 Å². The molecule has 0 bridgehead atoms. The van der Waals surface area contributed by atoms with Crippen molar-refractivity contribution in [2.75, 3.05) is 5.17 Å². The first-order valence-electron chi connectivity index (χ1n) is 3.60. The maximum absolute atomic E-state index is 11.1. The van der Waals surface area contributed by atoms with Crippen molar-refractivity contribution in [2.45, 2.75) is 11.8 Å². The number of carbonyl (C=O) groups is 1. The number of rotatable bonds is 2. The van der Waals surface area contributed by atoms with E-state index in [-0.39, 0.29) is 5.78 Å². The topological polar surface area (TPSA) is 66.6 Å². The second-order valence-electron chi connectivity index (χ2n) is 2.57. The van der Waals surface area contributed by atoms with Crippen LogP contribution in [-0.2, 0) is 0 Å². The first kappa shape index (κ1) is 10.0. The fourth-order valence-electron chi connectivity index (χ4n) is 1.00. The molecule has 1 rings (SSSR count). The van der Waals surface area contributed by atoms with Crippen LogP contribution in [0.3, 0.4) is 0 Å². The van der Waals surface area contributed by atoms with E-state index in [1.807, 2.05) is 0 Å². The molecule has 5 heteroatoms. The average Bonchev–Trinajstić information content (AvgIpc) is 2.03. The van der Waals surface area contributed by atoms with E-state index >= 15 is 0 Å².